The normalized spacial score (nSPS) is 10.1. The third kappa shape index (κ3) is 2.68. The molecule has 0 aliphatic carbocycles. The van der Waals surface area contributed by atoms with E-state index in [0.29, 0.717) is 10.7 Å². The third-order valence-electron chi connectivity index (χ3n) is 2.10. The number of anilines is 3. The molecule has 4 heteroatoms. The average Bonchev–Trinajstić information content (AvgIpc) is 2.22. The van der Waals surface area contributed by atoms with Gasteiger partial charge in [-0.3, -0.25) is 0 Å². The molecule has 0 fully saturated rings. The van der Waals surface area contributed by atoms with Gasteiger partial charge in [0.05, 0.1) is 10.7 Å². The highest BCUT2D eigenvalue weighted by Gasteiger charge is 2.01. The fourth-order valence-electron chi connectivity index (χ4n) is 1.35. The Morgan fingerprint density at radius 3 is 2.62 bits per heavy atom. The summed E-state index contributed by atoms with van der Waals surface area (Å²) in [4.78, 5) is 0. The van der Waals surface area contributed by atoms with Gasteiger partial charge in [-0.25, -0.2) is 0 Å². The van der Waals surface area contributed by atoms with Crippen molar-refractivity contribution >= 4 is 44.6 Å². The Labute approximate surface area is 108 Å². The van der Waals surface area contributed by atoms with Crippen molar-refractivity contribution in [3.63, 3.8) is 0 Å². The van der Waals surface area contributed by atoms with Gasteiger partial charge in [-0.2, -0.15) is 0 Å². The summed E-state index contributed by atoms with van der Waals surface area (Å²) in [6.45, 7) is 0. The summed E-state index contributed by atoms with van der Waals surface area (Å²) in [6, 6.07) is 13.3. The van der Waals surface area contributed by atoms with E-state index in [0.717, 1.165) is 15.8 Å². The van der Waals surface area contributed by atoms with Crippen LogP contribution in [0.1, 0.15) is 0 Å². The van der Waals surface area contributed by atoms with Gasteiger partial charge in [0.15, 0.2) is 0 Å². The summed E-state index contributed by atoms with van der Waals surface area (Å²) in [7, 11) is 0. The van der Waals surface area contributed by atoms with Crippen LogP contribution in [-0.4, -0.2) is 0 Å². The lowest BCUT2D eigenvalue weighted by Gasteiger charge is -2.09. The Balaban J connectivity index is 2.27. The van der Waals surface area contributed by atoms with E-state index in [1.165, 1.54) is 0 Å². The van der Waals surface area contributed by atoms with Crippen molar-refractivity contribution in [1.29, 1.82) is 0 Å². The van der Waals surface area contributed by atoms with Gasteiger partial charge >= 0.3 is 0 Å². The van der Waals surface area contributed by atoms with Gasteiger partial charge in [0.1, 0.15) is 0 Å². The summed E-state index contributed by atoms with van der Waals surface area (Å²) in [6.07, 6.45) is 0. The lowest BCUT2D eigenvalue weighted by Crippen LogP contribution is -1.92. The molecule has 3 N–H and O–H groups in total. The molecule has 0 amide bonds. The number of nitrogens with two attached hydrogens (primary N) is 1. The fourth-order valence-corrected chi connectivity index (χ4v) is 1.99. The molecule has 0 aromatic heterocycles. The van der Waals surface area contributed by atoms with Crippen LogP contribution in [0, 0.1) is 0 Å². The molecule has 0 aliphatic heterocycles. The van der Waals surface area contributed by atoms with Gasteiger partial charge in [-0.1, -0.05) is 33.6 Å². The van der Waals surface area contributed by atoms with Crippen LogP contribution >= 0.6 is 27.5 Å². The third-order valence-corrected chi connectivity index (χ3v) is 2.90. The van der Waals surface area contributed by atoms with Crippen LogP contribution in [0.5, 0.6) is 0 Å². The maximum atomic E-state index is 6.06. The summed E-state index contributed by atoms with van der Waals surface area (Å²) in [5.74, 6) is 0. The van der Waals surface area contributed by atoms with Crippen molar-refractivity contribution in [2.45, 2.75) is 0 Å². The van der Waals surface area contributed by atoms with Crippen molar-refractivity contribution in [1.82, 2.24) is 0 Å². The number of benzene rings is 2. The second kappa shape index (κ2) is 4.76. The maximum Gasteiger partial charge on any atom is 0.0661 e. The second-order valence-electron chi connectivity index (χ2n) is 3.37. The molecular formula is C12H10BrClN2. The predicted molar refractivity (Wildman–Crippen MR) is 73.3 cm³/mol. The average molecular weight is 298 g/mol. The van der Waals surface area contributed by atoms with Gasteiger partial charge in [-0.05, 0) is 36.4 Å². The first-order valence-electron chi connectivity index (χ1n) is 4.73. The number of nitrogen functional groups attached to an aromatic ring is 1. The topological polar surface area (TPSA) is 38.0 Å². The highest BCUT2D eigenvalue weighted by Crippen LogP contribution is 2.28. The molecule has 0 saturated carbocycles. The molecule has 0 spiro atoms. The van der Waals surface area contributed by atoms with E-state index >= 15 is 0 Å². The van der Waals surface area contributed by atoms with Crippen molar-refractivity contribution in [3.8, 4) is 0 Å². The largest absolute Gasteiger partial charge is 0.399 e. The van der Waals surface area contributed by atoms with E-state index in [1.807, 2.05) is 36.4 Å². The Kier molecular flexibility index (Phi) is 3.36. The Morgan fingerprint density at radius 1 is 1.12 bits per heavy atom. The molecule has 16 heavy (non-hydrogen) atoms. The zero-order chi connectivity index (χ0) is 11.5. The van der Waals surface area contributed by atoms with Gasteiger partial charge in [-0.15, -0.1) is 0 Å². The van der Waals surface area contributed by atoms with Crippen LogP contribution in [0.25, 0.3) is 0 Å². The van der Waals surface area contributed by atoms with Crippen molar-refractivity contribution in [2.24, 2.45) is 0 Å². The van der Waals surface area contributed by atoms with Crippen molar-refractivity contribution < 1.29 is 0 Å². The van der Waals surface area contributed by atoms with E-state index in [4.69, 9.17) is 17.3 Å². The van der Waals surface area contributed by atoms with Crippen LogP contribution in [0.2, 0.25) is 5.02 Å². The number of hydrogen-bond donors (Lipinski definition) is 2. The molecule has 0 bridgehead atoms. The Morgan fingerprint density at radius 2 is 1.94 bits per heavy atom. The quantitative estimate of drug-likeness (QED) is 0.805. The lowest BCUT2D eigenvalue weighted by atomic mass is 10.2. The molecule has 2 aromatic rings. The molecule has 82 valence electrons. The fraction of sp³-hybridized carbons (Fsp3) is 0. The highest BCUT2D eigenvalue weighted by atomic mass is 79.9. The molecule has 0 aliphatic rings. The summed E-state index contributed by atoms with van der Waals surface area (Å²) >= 11 is 9.48. The molecule has 0 radical (unpaired) electrons. The monoisotopic (exact) mass is 296 g/mol. The van der Waals surface area contributed by atoms with Crippen LogP contribution in [0.3, 0.4) is 0 Å². The van der Waals surface area contributed by atoms with Gasteiger partial charge in [0, 0.05) is 15.8 Å². The smallest absolute Gasteiger partial charge is 0.0661 e. The summed E-state index contributed by atoms with van der Waals surface area (Å²) in [5, 5.41) is 3.83. The molecule has 0 saturated heterocycles. The molecule has 0 unspecified atom stereocenters. The van der Waals surface area contributed by atoms with Gasteiger partial charge < -0.3 is 11.1 Å². The SMILES string of the molecule is Nc1ccc(Nc2cccc(Br)c2)c(Cl)c1. The number of rotatable bonds is 2. The van der Waals surface area contributed by atoms with Crippen molar-refractivity contribution in [3.05, 3.63) is 52.0 Å². The molecule has 2 nitrogen and oxygen atoms in total. The van der Waals surface area contributed by atoms with Crippen LogP contribution in [0.15, 0.2) is 46.9 Å². The Bertz CT molecular complexity index is 514. The van der Waals surface area contributed by atoms with Gasteiger partial charge in [0.25, 0.3) is 0 Å². The van der Waals surface area contributed by atoms with Crippen LogP contribution in [-0.2, 0) is 0 Å². The minimum Gasteiger partial charge on any atom is -0.399 e. The second-order valence-corrected chi connectivity index (χ2v) is 4.70. The Hall–Kier alpha value is -1.19. The van der Waals surface area contributed by atoms with Crippen LogP contribution in [0.4, 0.5) is 17.1 Å². The van der Waals surface area contributed by atoms with E-state index in [2.05, 4.69) is 21.2 Å². The molecule has 2 rings (SSSR count). The van der Waals surface area contributed by atoms with Gasteiger partial charge in [0.2, 0.25) is 0 Å². The van der Waals surface area contributed by atoms with E-state index < -0.39 is 0 Å². The molecule has 2 aromatic carbocycles. The predicted octanol–water partition coefficient (Wildman–Crippen LogP) is 4.43. The zero-order valence-electron chi connectivity index (χ0n) is 8.37. The summed E-state index contributed by atoms with van der Waals surface area (Å²) in [5.41, 5.74) is 8.10. The van der Waals surface area contributed by atoms with Crippen molar-refractivity contribution in [2.75, 3.05) is 11.1 Å². The number of halogens is 2. The standard InChI is InChI=1S/C12H10BrClN2/c13-8-2-1-3-10(6-8)16-12-5-4-9(15)7-11(12)14/h1-7,16H,15H2. The van der Waals surface area contributed by atoms with Crippen LogP contribution < -0.4 is 11.1 Å². The van der Waals surface area contributed by atoms with E-state index in [9.17, 15) is 0 Å². The molecule has 0 heterocycles. The highest BCUT2D eigenvalue weighted by molar-refractivity contribution is 9.10. The molecular weight excluding hydrogens is 288 g/mol. The first kappa shape index (κ1) is 11.3. The van der Waals surface area contributed by atoms with E-state index in [-0.39, 0.29) is 0 Å². The first-order valence-corrected chi connectivity index (χ1v) is 5.90. The first-order chi connectivity index (χ1) is 7.65. The number of hydrogen-bond acceptors (Lipinski definition) is 2. The summed E-state index contributed by atoms with van der Waals surface area (Å²) < 4.78 is 1.02. The lowest BCUT2D eigenvalue weighted by molar-refractivity contribution is 1.53. The minimum absolute atomic E-state index is 0.611. The minimum atomic E-state index is 0.611. The maximum absolute atomic E-state index is 6.06. The van der Waals surface area contributed by atoms with E-state index in [1.54, 1.807) is 6.07 Å². The number of nitrogens with one attached hydrogen (secondary N) is 1. The zero-order valence-corrected chi connectivity index (χ0v) is 10.7. The molecule has 0 atom stereocenters.